The van der Waals surface area contributed by atoms with Gasteiger partial charge in [0.1, 0.15) is 11.6 Å². The van der Waals surface area contributed by atoms with Gasteiger partial charge in [-0.05, 0) is 36.4 Å². The Balaban J connectivity index is 1.51. The SMILES string of the molecule is O=S(=O)(c1cccc(F)c1)N1CCN(c2ccc3ccccc3n2)CC1. The molecule has 1 aliphatic heterocycles. The summed E-state index contributed by atoms with van der Waals surface area (Å²) in [4.78, 5) is 6.73. The highest BCUT2D eigenvalue weighted by Gasteiger charge is 2.29. The first-order valence-corrected chi connectivity index (χ1v) is 9.84. The van der Waals surface area contributed by atoms with Crippen molar-refractivity contribution in [2.45, 2.75) is 4.90 Å². The van der Waals surface area contributed by atoms with Crippen molar-refractivity contribution in [2.24, 2.45) is 0 Å². The van der Waals surface area contributed by atoms with Gasteiger partial charge in [0, 0.05) is 31.6 Å². The highest BCUT2D eigenvalue weighted by atomic mass is 32.2. The summed E-state index contributed by atoms with van der Waals surface area (Å²) < 4.78 is 40.1. The second-order valence-corrected chi connectivity index (χ2v) is 8.15. The van der Waals surface area contributed by atoms with Crippen LogP contribution in [0.15, 0.2) is 65.6 Å². The zero-order chi connectivity index (χ0) is 18.1. The lowest BCUT2D eigenvalue weighted by atomic mass is 10.2. The molecule has 0 atom stereocenters. The maximum absolute atomic E-state index is 13.4. The molecule has 0 N–H and O–H groups in total. The Bertz CT molecular complexity index is 1050. The number of fused-ring (bicyclic) bond motifs is 1. The first kappa shape index (κ1) is 16.9. The number of pyridine rings is 1. The average Bonchev–Trinajstić information content (AvgIpc) is 2.68. The molecular weight excluding hydrogens is 353 g/mol. The highest BCUT2D eigenvalue weighted by Crippen LogP contribution is 2.22. The Morgan fingerprint density at radius 2 is 1.65 bits per heavy atom. The zero-order valence-electron chi connectivity index (χ0n) is 14.0. The molecule has 2 heterocycles. The van der Waals surface area contributed by atoms with Crippen LogP contribution in [0.25, 0.3) is 10.9 Å². The molecule has 134 valence electrons. The third-order valence-corrected chi connectivity index (χ3v) is 6.47. The van der Waals surface area contributed by atoms with Gasteiger partial charge in [-0.1, -0.05) is 24.3 Å². The number of benzene rings is 2. The molecule has 1 aromatic heterocycles. The molecule has 0 aliphatic carbocycles. The minimum Gasteiger partial charge on any atom is -0.354 e. The van der Waals surface area contributed by atoms with E-state index in [9.17, 15) is 12.8 Å². The Hall–Kier alpha value is -2.51. The maximum Gasteiger partial charge on any atom is 0.243 e. The van der Waals surface area contributed by atoms with Crippen LogP contribution in [-0.2, 0) is 10.0 Å². The van der Waals surface area contributed by atoms with E-state index in [0.29, 0.717) is 26.2 Å². The third-order valence-electron chi connectivity index (χ3n) is 4.58. The molecule has 0 unspecified atom stereocenters. The monoisotopic (exact) mass is 371 g/mol. The second kappa shape index (κ2) is 6.66. The molecule has 1 fully saturated rings. The smallest absolute Gasteiger partial charge is 0.243 e. The molecule has 5 nitrogen and oxygen atoms in total. The van der Waals surface area contributed by atoms with Crippen LogP contribution >= 0.6 is 0 Å². The fourth-order valence-electron chi connectivity index (χ4n) is 3.17. The predicted octanol–water partition coefficient (Wildman–Crippen LogP) is 2.88. The largest absolute Gasteiger partial charge is 0.354 e. The normalized spacial score (nSPS) is 16.1. The van der Waals surface area contributed by atoms with Gasteiger partial charge >= 0.3 is 0 Å². The van der Waals surface area contributed by atoms with E-state index in [1.54, 1.807) is 0 Å². The summed E-state index contributed by atoms with van der Waals surface area (Å²) in [5.41, 5.74) is 0.916. The lowest BCUT2D eigenvalue weighted by molar-refractivity contribution is 0.383. The van der Waals surface area contributed by atoms with Gasteiger partial charge in [-0.2, -0.15) is 4.31 Å². The Kier molecular flexibility index (Phi) is 4.34. The summed E-state index contributed by atoms with van der Waals surface area (Å²) in [6.45, 7) is 1.76. The van der Waals surface area contributed by atoms with E-state index < -0.39 is 15.8 Å². The van der Waals surface area contributed by atoms with Crippen molar-refractivity contribution in [3.8, 4) is 0 Å². The van der Waals surface area contributed by atoms with Crippen molar-refractivity contribution in [3.05, 3.63) is 66.5 Å². The van der Waals surface area contributed by atoms with E-state index in [2.05, 4.69) is 9.88 Å². The predicted molar refractivity (Wildman–Crippen MR) is 99.1 cm³/mol. The topological polar surface area (TPSA) is 53.5 Å². The number of para-hydroxylation sites is 1. The molecule has 7 heteroatoms. The summed E-state index contributed by atoms with van der Waals surface area (Å²) in [7, 11) is -3.68. The fourth-order valence-corrected chi connectivity index (χ4v) is 4.62. The number of piperazine rings is 1. The van der Waals surface area contributed by atoms with Gasteiger partial charge in [0.2, 0.25) is 10.0 Å². The number of sulfonamides is 1. The number of hydrogen-bond donors (Lipinski definition) is 0. The molecule has 0 amide bonds. The molecule has 0 spiro atoms. The number of rotatable bonds is 3. The lowest BCUT2D eigenvalue weighted by Crippen LogP contribution is -2.48. The average molecular weight is 371 g/mol. The van der Waals surface area contributed by atoms with Crippen molar-refractivity contribution in [1.29, 1.82) is 0 Å². The van der Waals surface area contributed by atoms with Crippen LogP contribution in [0.4, 0.5) is 10.2 Å². The van der Waals surface area contributed by atoms with E-state index in [1.165, 1.54) is 22.5 Å². The van der Waals surface area contributed by atoms with Crippen LogP contribution < -0.4 is 4.90 Å². The molecule has 2 aromatic carbocycles. The first-order chi connectivity index (χ1) is 12.5. The van der Waals surface area contributed by atoms with Crippen molar-refractivity contribution < 1.29 is 12.8 Å². The Morgan fingerprint density at radius 3 is 2.42 bits per heavy atom. The van der Waals surface area contributed by atoms with Crippen LogP contribution in [0.3, 0.4) is 0 Å². The molecule has 1 saturated heterocycles. The summed E-state index contributed by atoms with van der Waals surface area (Å²) in [5, 5.41) is 1.07. The van der Waals surface area contributed by atoms with Gasteiger partial charge in [-0.3, -0.25) is 0 Å². The molecule has 0 radical (unpaired) electrons. The summed E-state index contributed by atoms with van der Waals surface area (Å²) in [5.74, 6) is 0.288. The second-order valence-electron chi connectivity index (χ2n) is 6.21. The highest BCUT2D eigenvalue weighted by molar-refractivity contribution is 7.89. The number of anilines is 1. The van der Waals surface area contributed by atoms with Crippen molar-refractivity contribution in [1.82, 2.24) is 9.29 Å². The van der Waals surface area contributed by atoms with Gasteiger partial charge in [0.15, 0.2) is 0 Å². The third kappa shape index (κ3) is 3.15. The van der Waals surface area contributed by atoms with Gasteiger partial charge in [-0.15, -0.1) is 0 Å². The van der Waals surface area contributed by atoms with Crippen LogP contribution in [0.5, 0.6) is 0 Å². The lowest BCUT2D eigenvalue weighted by Gasteiger charge is -2.34. The van der Waals surface area contributed by atoms with Gasteiger partial charge in [-0.25, -0.2) is 17.8 Å². The van der Waals surface area contributed by atoms with E-state index in [1.807, 2.05) is 36.4 Å². The number of aromatic nitrogens is 1. The van der Waals surface area contributed by atoms with Crippen molar-refractivity contribution in [3.63, 3.8) is 0 Å². The van der Waals surface area contributed by atoms with Crippen LogP contribution in [-0.4, -0.2) is 43.9 Å². The molecule has 0 bridgehead atoms. The van der Waals surface area contributed by atoms with E-state index in [0.717, 1.165) is 22.8 Å². The van der Waals surface area contributed by atoms with E-state index in [4.69, 9.17) is 0 Å². The van der Waals surface area contributed by atoms with Crippen LogP contribution in [0, 0.1) is 5.82 Å². The zero-order valence-corrected chi connectivity index (χ0v) is 14.9. The summed E-state index contributed by atoms with van der Waals surface area (Å²) in [6, 6.07) is 17.0. The fraction of sp³-hybridized carbons (Fsp3) is 0.211. The molecular formula is C19H18FN3O2S. The van der Waals surface area contributed by atoms with Gasteiger partial charge in [0.25, 0.3) is 0 Å². The first-order valence-electron chi connectivity index (χ1n) is 8.40. The standard InChI is InChI=1S/C19H18FN3O2S/c20-16-5-3-6-17(14-16)26(24,25)23-12-10-22(11-13-23)19-9-8-15-4-1-2-7-18(15)21-19/h1-9,14H,10-13H2. The van der Waals surface area contributed by atoms with Crippen LogP contribution in [0.1, 0.15) is 0 Å². The van der Waals surface area contributed by atoms with Crippen LogP contribution in [0.2, 0.25) is 0 Å². The summed E-state index contributed by atoms with van der Waals surface area (Å²) >= 11 is 0. The number of nitrogens with zero attached hydrogens (tertiary/aromatic N) is 3. The maximum atomic E-state index is 13.4. The molecule has 4 rings (SSSR count). The van der Waals surface area contributed by atoms with E-state index >= 15 is 0 Å². The Morgan fingerprint density at radius 1 is 0.885 bits per heavy atom. The Labute approximate surface area is 151 Å². The molecule has 3 aromatic rings. The number of halogens is 1. The molecule has 0 saturated carbocycles. The van der Waals surface area contributed by atoms with Crippen molar-refractivity contribution >= 4 is 26.7 Å². The quantitative estimate of drug-likeness (QED) is 0.710. The molecule has 1 aliphatic rings. The van der Waals surface area contributed by atoms with Gasteiger partial charge in [0.05, 0.1) is 10.4 Å². The minimum absolute atomic E-state index is 0.00483. The minimum atomic E-state index is -3.68. The summed E-state index contributed by atoms with van der Waals surface area (Å²) in [6.07, 6.45) is 0. The van der Waals surface area contributed by atoms with E-state index in [-0.39, 0.29) is 4.90 Å². The molecule has 26 heavy (non-hydrogen) atoms. The number of hydrogen-bond acceptors (Lipinski definition) is 4. The van der Waals surface area contributed by atoms with Gasteiger partial charge < -0.3 is 4.90 Å². The van der Waals surface area contributed by atoms with Crippen molar-refractivity contribution in [2.75, 3.05) is 31.1 Å².